The van der Waals surface area contributed by atoms with Crippen LogP contribution >= 0.6 is 11.3 Å². The highest BCUT2D eigenvalue weighted by molar-refractivity contribution is 7.16. The fourth-order valence-electron chi connectivity index (χ4n) is 2.62. The van der Waals surface area contributed by atoms with E-state index in [0.717, 1.165) is 28.0 Å². The van der Waals surface area contributed by atoms with Gasteiger partial charge in [0.2, 0.25) is 5.91 Å². The van der Waals surface area contributed by atoms with Crippen LogP contribution in [0.25, 0.3) is 10.2 Å². The molecule has 21 heavy (non-hydrogen) atoms. The van der Waals surface area contributed by atoms with Crippen molar-refractivity contribution in [1.29, 1.82) is 0 Å². The van der Waals surface area contributed by atoms with Crippen LogP contribution in [-0.2, 0) is 11.2 Å². The maximum absolute atomic E-state index is 12.4. The number of nitrogens with zero attached hydrogens (tertiary/aromatic N) is 1. The molecule has 4 nitrogen and oxygen atoms in total. The predicted molar refractivity (Wildman–Crippen MR) is 85.8 cm³/mol. The molecule has 0 unspecified atom stereocenters. The Morgan fingerprint density at radius 3 is 3.10 bits per heavy atom. The molecule has 0 fully saturated rings. The molecule has 1 atom stereocenters. The lowest BCUT2D eigenvalue weighted by molar-refractivity contribution is -0.116. The van der Waals surface area contributed by atoms with E-state index in [2.05, 4.69) is 21.7 Å². The number of hydrogen-bond donors (Lipinski definition) is 2. The van der Waals surface area contributed by atoms with Gasteiger partial charge < -0.3 is 10.6 Å². The molecule has 4 rings (SSSR count). The molecule has 1 amide bonds. The van der Waals surface area contributed by atoms with Gasteiger partial charge in [-0.25, -0.2) is 4.98 Å². The van der Waals surface area contributed by atoms with E-state index in [1.165, 1.54) is 5.56 Å². The highest BCUT2D eigenvalue weighted by Gasteiger charge is 2.26. The van der Waals surface area contributed by atoms with Crippen LogP contribution in [0.3, 0.4) is 0 Å². The Labute approximate surface area is 125 Å². The summed E-state index contributed by atoms with van der Waals surface area (Å²) in [5, 5.41) is 6.24. The van der Waals surface area contributed by atoms with Gasteiger partial charge in [-0.2, -0.15) is 0 Å². The molecule has 3 aromatic rings. The molecule has 2 N–H and O–H groups in total. The van der Waals surface area contributed by atoms with Gasteiger partial charge in [-0.3, -0.25) is 4.79 Å². The summed E-state index contributed by atoms with van der Waals surface area (Å²) in [6.07, 6.45) is 0.727. The Hall–Kier alpha value is -2.40. The van der Waals surface area contributed by atoms with E-state index in [9.17, 15) is 4.79 Å². The van der Waals surface area contributed by atoms with E-state index in [-0.39, 0.29) is 11.9 Å². The quantitative estimate of drug-likeness (QED) is 0.763. The van der Waals surface area contributed by atoms with Crippen molar-refractivity contribution in [3.63, 3.8) is 0 Å². The summed E-state index contributed by atoms with van der Waals surface area (Å²) in [5.41, 5.74) is 5.83. The number of hydrogen-bond acceptors (Lipinski definition) is 4. The third kappa shape index (κ3) is 2.25. The summed E-state index contributed by atoms with van der Waals surface area (Å²) >= 11 is 1.57. The molecule has 5 heteroatoms. The average Bonchev–Trinajstić information content (AvgIpc) is 3.13. The number of rotatable bonds is 2. The first-order chi connectivity index (χ1) is 10.3. The number of thiazole rings is 1. The fraction of sp³-hybridized carbons (Fsp3) is 0.125. The molecular formula is C16H13N3OS. The van der Waals surface area contributed by atoms with Crippen molar-refractivity contribution in [2.45, 2.75) is 12.5 Å². The molecule has 0 bridgehead atoms. The number of nitrogens with one attached hydrogen (secondary N) is 2. The topological polar surface area (TPSA) is 54.0 Å². The van der Waals surface area contributed by atoms with Crippen LogP contribution in [-0.4, -0.2) is 16.9 Å². The van der Waals surface area contributed by atoms with Crippen molar-refractivity contribution < 1.29 is 4.79 Å². The number of fused-ring (bicyclic) bond motifs is 2. The van der Waals surface area contributed by atoms with Gasteiger partial charge in [0.05, 0.1) is 15.7 Å². The van der Waals surface area contributed by atoms with Crippen molar-refractivity contribution in [3.05, 3.63) is 53.5 Å². The summed E-state index contributed by atoms with van der Waals surface area (Å²) in [6, 6.07) is 13.6. The van der Waals surface area contributed by atoms with E-state index < -0.39 is 0 Å². The van der Waals surface area contributed by atoms with Gasteiger partial charge >= 0.3 is 0 Å². The number of anilines is 2. The number of carbonyl (C=O) groups is 1. The number of carbonyl (C=O) groups excluding carboxylic acids is 1. The Bertz CT molecular complexity index is 802. The standard InChI is InChI=1S/C16H13N3OS/c20-16(14-7-10-3-1-2-4-12(10)19-14)18-11-5-6-13-15(8-11)21-9-17-13/h1-6,8-9,14,19H,7H2,(H,18,20)/t14-/m0/s1. The van der Waals surface area contributed by atoms with Crippen LogP contribution in [0.4, 0.5) is 11.4 Å². The van der Waals surface area contributed by atoms with Crippen molar-refractivity contribution in [2.24, 2.45) is 0 Å². The number of aromatic nitrogens is 1. The van der Waals surface area contributed by atoms with Crippen LogP contribution in [0.5, 0.6) is 0 Å². The second kappa shape index (κ2) is 4.86. The van der Waals surface area contributed by atoms with Crippen LogP contribution in [0.15, 0.2) is 48.0 Å². The highest BCUT2D eigenvalue weighted by Crippen LogP contribution is 2.26. The molecule has 104 valence electrons. The minimum atomic E-state index is -0.209. The lowest BCUT2D eigenvalue weighted by Crippen LogP contribution is -2.32. The zero-order valence-electron chi connectivity index (χ0n) is 11.2. The maximum atomic E-state index is 12.4. The van der Waals surface area contributed by atoms with Gasteiger partial charge in [0, 0.05) is 17.8 Å². The summed E-state index contributed by atoms with van der Waals surface area (Å²) in [7, 11) is 0. The van der Waals surface area contributed by atoms with Crippen molar-refractivity contribution in [3.8, 4) is 0 Å². The van der Waals surface area contributed by atoms with Crippen LogP contribution in [0.2, 0.25) is 0 Å². The zero-order chi connectivity index (χ0) is 14.2. The SMILES string of the molecule is O=C(Nc1ccc2ncsc2c1)[C@@H]1Cc2ccccc2N1. The minimum absolute atomic E-state index is 0.00457. The van der Waals surface area contributed by atoms with E-state index >= 15 is 0 Å². The van der Waals surface area contributed by atoms with Gasteiger partial charge in [0.25, 0.3) is 0 Å². The van der Waals surface area contributed by atoms with Gasteiger partial charge in [-0.15, -0.1) is 11.3 Å². The van der Waals surface area contributed by atoms with E-state index in [4.69, 9.17) is 0 Å². The van der Waals surface area contributed by atoms with Gasteiger partial charge in [-0.05, 0) is 29.8 Å². The molecule has 0 aliphatic carbocycles. The van der Waals surface area contributed by atoms with Gasteiger partial charge in [-0.1, -0.05) is 18.2 Å². The minimum Gasteiger partial charge on any atom is -0.373 e. The second-order valence-electron chi connectivity index (χ2n) is 5.08. The average molecular weight is 295 g/mol. The van der Waals surface area contributed by atoms with Gasteiger partial charge in [0.1, 0.15) is 6.04 Å². The second-order valence-corrected chi connectivity index (χ2v) is 5.97. The molecule has 2 aromatic carbocycles. The molecule has 0 radical (unpaired) electrons. The van der Waals surface area contributed by atoms with E-state index in [1.54, 1.807) is 11.3 Å². The zero-order valence-corrected chi connectivity index (χ0v) is 12.0. The number of para-hydroxylation sites is 1. The predicted octanol–water partition coefficient (Wildman–Crippen LogP) is 3.27. The Morgan fingerprint density at radius 1 is 1.29 bits per heavy atom. The molecular weight excluding hydrogens is 282 g/mol. The Balaban J connectivity index is 1.51. The third-order valence-corrected chi connectivity index (χ3v) is 4.48. The molecule has 0 spiro atoms. The molecule has 0 saturated heterocycles. The fourth-order valence-corrected chi connectivity index (χ4v) is 3.33. The van der Waals surface area contributed by atoms with E-state index in [0.29, 0.717) is 0 Å². The lowest BCUT2D eigenvalue weighted by Gasteiger charge is -2.12. The molecule has 2 heterocycles. The van der Waals surface area contributed by atoms with Crippen molar-refractivity contribution in [1.82, 2.24) is 4.98 Å². The summed E-state index contributed by atoms with van der Waals surface area (Å²) in [5.74, 6) is -0.00457. The maximum Gasteiger partial charge on any atom is 0.247 e. The van der Waals surface area contributed by atoms with Gasteiger partial charge in [0.15, 0.2) is 0 Å². The first kappa shape index (κ1) is 12.3. The first-order valence-electron chi connectivity index (χ1n) is 6.78. The monoisotopic (exact) mass is 295 g/mol. The molecule has 0 saturated carbocycles. The summed E-state index contributed by atoms with van der Waals surface area (Å²) in [4.78, 5) is 16.6. The Morgan fingerprint density at radius 2 is 2.19 bits per heavy atom. The number of benzene rings is 2. The Kier molecular flexibility index (Phi) is 2.86. The largest absolute Gasteiger partial charge is 0.373 e. The van der Waals surface area contributed by atoms with Crippen molar-refractivity contribution >= 4 is 38.8 Å². The highest BCUT2D eigenvalue weighted by atomic mass is 32.1. The lowest BCUT2D eigenvalue weighted by atomic mass is 10.1. The molecule has 1 aromatic heterocycles. The molecule has 1 aliphatic heterocycles. The van der Waals surface area contributed by atoms with Crippen LogP contribution in [0.1, 0.15) is 5.56 Å². The van der Waals surface area contributed by atoms with Crippen LogP contribution in [0, 0.1) is 0 Å². The normalized spacial score (nSPS) is 16.5. The smallest absolute Gasteiger partial charge is 0.247 e. The van der Waals surface area contributed by atoms with Crippen molar-refractivity contribution in [2.75, 3.05) is 10.6 Å². The van der Waals surface area contributed by atoms with Crippen LogP contribution < -0.4 is 10.6 Å². The third-order valence-electron chi connectivity index (χ3n) is 3.69. The number of amides is 1. The summed E-state index contributed by atoms with van der Waals surface area (Å²) < 4.78 is 1.08. The molecule has 1 aliphatic rings. The first-order valence-corrected chi connectivity index (χ1v) is 7.66. The van der Waals surface area contributed by atoms with E-state index in [1.807, 2.05) is 41.9 Å². The summed E-state index contributed by atoms with van der Waals surface area (Å²) in [6.45, 7) is 0.